The van der Waals surface area contributed by atoms with Crippen LogP contribution in [0.25, 0.3) is 0 Å². The molecule has 0 aliphatic heterocycles. The van der Waals surface area contributed by atoms with Crippen LogP contribution in [0.5, 0.6) is 0 Å². The van der Waals surface area contributed by atoms with Gasteiger partial charge in [-0.2, -0.15) is 0 Å². The second kappa shape index (κ2) is 6.00. The summed E-state index contributed by atoms with van der Waals surface area (Å²) in [4.78, 5) is 11.2. The van der Waals surface area contributed by atoms with Crippen LogP contribution in [-0.2, 0) is 4.79 Å². The van der Waals surface area contributed by atoms with E-state index in [2.05, 4.69) is 11.9 Å². The minimum absolute atomic E-state index is 0.171. The average molecular weight is 205 g/mol. The van der Waals surface area contributed by atoms with Crippen molar-refractivity contribution in [3.8, 4) is 0 Å². The lowest BCUT2D eigenvalue weighted by molar-refractivity contribution is -0.122. The van der Waals surface area contributed by atoms with Crippen molar-refractivity contribution in [1.29, 1.82) is 0 Å². The standard InChI is InChI=1S/C9H17ClN2O/c1-6(2)4-8(11)9(13)12-5-7(3)10/h6,8H,3-5,11H2,1-2H3,(H,12,13). The summed E-state index contributed by atoms with van der Waals surface area (Å²) in [6, 6.07) is -0.448. The normalized spacial score (nSPS) is 12.7. The Hall–Kier alpha value is -0.540. The third-order valence-corrected chi connectivity index (χ3v) is 1.65. The third kappa shape index (κ3) is 6.61. The van der Waals surface area contributed by atoms with Gasteiger partial charge in [-0.1, -0.05) is 32.0 Å². The molecule has 0 aliphatic carbocycles. The Morgan fingerprint density at radius 1 is 1.62 bits per heavy atom. The number of nitrogens with two attached hydrogens (primary N) is 1. The highest BCUT2D eigenvalue weighted by Gasteiger charge is 2.13. The van der Waals surface area contributed by atoms with Crippen molar-refractivity contribution < 1.29 is 4.79 Å². The lowest BCUT2D eigenvalue weighted by atomic mass is 10.0. The van der Waals surface area contributed by atoms with Crippen molar-refractivity contribution in [2.75, 3.05) is 6.54 Å². The van der Waals surface area contributed by atoms with Crippen LogP contribution in [0.1, 0.15) is 20.3 Å². The van der Waals surface area contributed by atoms with E-state index in [1.165, 1.54) is 0 Å². The second-order valence-corrected chi connectivity index (χ2v) is 4.01. The molecule has 13 heavy (non-hydrogen) atoms. The van der Waals surface area contributed by atoms with E-state index in [0.717, 1.165) is 0 Å². The van der Waals surface area contributed by atoms with E-state index in [0.29, 0.717) is 17.4 Å². The van der Waals surface area contributed by atoms with Crippen LogP contribution in [0.15, 0.2) is 11.6 Å². The predicted molar refractivity (Wildman–Crippen MR) is 55.4 cm³/mol. The van der Waals surface area contributed by atoms with E-state index in [1.807, 2.05) is 13.8 Å². The zero-order chi connectivity index (χ0) is 10.4. The summed E-state index contributed by atoms with van der Waals surface area (Å²) in [5, 5.41) is 3.00. The van der Waals surface area contributed by atoms with Gasteiger partial charge in [-0.15, -0.1) is 0 Å². The second-order valence-electron chi connectivity index (χ2n) is 3.47. The van der Waals surface area contributed by atoms with Crippen molar-refractivity contribution in [2.24, 2.45) is 11.7 Å². The topological polar surface area (TPSA) is 55.1 Å². The summed E-state index contributed by atoms with van der Waals surface area (Å²) in [6.45, 7) is 7.78. The number of amides is 1. The molecule has 1 unspecified atom stereocenters. The van der Waals surface area contributed by atoms with Gasteiger partial charge < -0.3 is 11.1 Å². The first-order valence-corrected chi connectivity index (χ1v) is 4.67. The SMILES string of the molecule is C=C(Cl)CNC(=O)C(N)CC(C)C. The Balaban J connectivity index is 3.76. The predicted octanol–water partition coefficient (Wildman–Crippen LogP) is 1.23. The number of rotatable bonds is 5. The average Bonchev–Trinajstić information content (AvgIpc) is 1.98. The summed E-state index contributed by atoms with van der Waals surface area (Å²) in [5.41, 5.74) is 5.62. The van der Waals surface area contributed by atoms with Crippen LogP contribution >= 0.6 is 11.6 Å². The molecule has 0 aromatic heterocycles. The van der Waals surface area contributed by atoms with Crippen molar-refractivity contribution in [1.82, 2.24) is 5.32 Å². The zero-order valence-electron chi connectivity index (χ0n) is 8.14. The van der Waals surface area contributed by atoms with Crippen molar-refractivity contribution in [2.45, 2.75) is 26.3 Å². The Kier molecular flexibility index (Phi) is 5.75. The highest BCUT2D eigenvalue weighted by atomic mass is 35.5. The van der Waals surface area contributed by atoms with E-state index in [1.54, 1.807) is 0 Å². The third-order valence-electron chi connectivity index (χ3n) is 1.52. The van der Waals surface area contributed by atoms with Crippen LogP contribution in [-0.4, -0.2) is 18.5 Å². The molecule has 0 heterocycles. The summed E-state index contributed by atoms with van der Waals surface area (Å²) >= 11 is 5.48. The number of carbonyl (C=O) groups is 1. The molecule has 0 saturated heterocycles. The maximum absolute atomic E-state index is 11.2. The molecule has 1 atom stereocenters. The summed E-state index contributed by atoms with van der Waals surface area (Å²) in [6.07, 6.45) is 0.681. The number of halogens is 1. The maximum Gasteiger partial charge on any atom is 0.237 e. The molecule has 0 saturated carbocycles. The van der Waals surface area contributed by atoms with Crippen LogP contribution < -0.4 is 11.1 Å². The van der Waals surface area contributed by atoms with Gasteiger partial charge in [0.15, 0.2) is 0 Å². The first-order chi connectivity index (χ1) is 5.93. The van der Waals surface area contributed by atoms with Gasteiger partial charge in [0.1, 0.15) is 0 Å². The monoisotopic (exact) mass is 204 g/mol. The first kappa shape index (κ1) is 12.5. The van der Waals surface area contributed by atoms with Gasteiger partial charge in [-0.25, -0.2) is 0 Å². The number of hydrogen-bond donors (Lipinski definition) is 2. The van der Waals surface area contributed by atoms with Gasteiger partial charge in [-0.05, 0) is 12.3 Å². The largest absolute Gasteiger partial charge is 0.350 e. The van der Waals surface area contributed by atoms with E-state index >= 15 is 0 Å². The molecule has 0 fully saturated rings. The molecule has 0 bridgehead atoms. The lowest BCUT2D eigenvalue weighted by Gasteiger charge is -2.13. The van der Waals surface area contributed by atoms with Gasteiger partial charge in [-0.3, -0.25) is 4.79 Å². The minimum Gasteiger partial charge on any atom is -0.350 e. The smallest absolute Gasteiger partial charge is 0.237 e. The molecule has 0 rings (SSSR count). The van der Waals surface area contributed by atoms with Crippen LogP contribution in [0.2, 0.25) is 0 Å². The summed E-state index contributed by atoms with van der Waals surface area (Å²) in [5.74, 6) is 0.246. The molecule has 0 aromatic carbocycles. The molecular formula is C9H17ClN2O. The summed E-state index contributed by atoms with van der Waals surface area (Å²) < 4.78 is 0. The molecule has 0 spiro atoms. The Labute approximate surface area is 84.3 Å². The maximum atomic E-state index is 11.2. The van der Waals surface area contributed by atoms with Gasteiger partial charge in [0.2, 0.25) is 5.91 Å². The first-order valence-electron chi connectivity index (χ1n) is 4.30. The Morgan fingerprint density at radius 3 is 2.54 bits per heavy atom. The van der Waals surface area contributed by atoms with Gasteiger partial charge in [0.25, 0.3) is 0 Å². The van der Waals surface area contributed by atoms with Gasteiger partial charge in [0, 0.05) is 5.03 Å². The molecule has 76 valence electrons. The minimum atomic E-state index is -0.448. The molecule has 1 amide bonds. The molecule has 0 radical (unpaired) electrons. The van der Waals surface area contributed by atoms with E-state index < -0.39 is 6.04 Å². The molecule has 0 aromatic rings. The number of carbonyl (C=O) groups excluding carboxylic acids is 1. The Morgan fingerprint density at radius 2 is 2.15 bits per heavy atom. The van der Waals surface area contributed by atoms with Crippen LogP contribution in [0, 0.1) is 5.92 Å². The lowest BCUT2D eigenvalue weighted by Crippen LogP contribution is -2.41. The summed E-state index contributed by atoms with van der Waals surface area (Å²) in [7, 11) is 0. The molecule has 3 nitrogen and oxygen atoms in total. The molecule has 4 heteroatoms. The fourth-order valence-corrected chi connectivity index (χ4v) is 0.996. The zero-order valence-corrected chi connectivity index (χ0v) is 8.90. The van der Waals surface area contributed by atoms with Gasteiger partial charge in [0.05, 0.1) is 12.6 Å². The number of nitrogens with one attached hydrogen (secondary N) is 1. The van der Waals surface area contributed by atoms with Crippen molar-refractivity contribution in [3.05, 3.63) is 11.6 Å². The quantitative estimate of drug-likeness (QED) is 0.708. The Bertz CT molecular complexity index is 192. The van der Waals surface area contributed by atoms with Crippen LogP contribution in [0.4, 0.5) is 0 Å². The van der Waals surface area contributed by atoms with Crippen molar-refractivity contribution in [3.63, 3.8) is 0 Å². The van der Waals surface area contributed by atoms with Crippen LogP contribution in [0.3, 0.4) is 0 Å². The van der Waals surface area contributed by atoms with E-state index in [9.17, 15) is 4.79 Å². The molecule has 3 N–H and O–H groups in total. The highest BCUT2D eigenvalue weighted by Crippen LogP contribution is 2.02. The fraction of sp³-hybridized carbons (Fsp3) is 0.667. The van der Waals surface area contributed by atoms with Gasteiger partial charge >= 0.3 is 0 Å². The fourth-order valence-electron chi connectivity index (χ4n) is 0.929. The van der Waals surface area contributed by atoms with E-state index in [4.69, 9.17) is 17.3 Å². The van der Waals surface area contributed by atoms with Crippen molar-refractivity contribution >= 4 is 17.5 Å². The molecular weight excluding hydrogens is 188 g/mol. The number of hydrogen-bond acceptors (Lipinski definition) is 2. The molecule has 0 aliphatic rings. The van der Waals surface area contributed by atoms with E-state index in [-0.39, 0.29) is 12.5 Å². The highest BCUT2D eigenvalue weighted by molar-refractivity contribution is 6.29.